The molecule has 4 heteroatoms. The monoisotopic (exact) mass is 325 g/mol. The summed E-state index contributed by atoms with van der Waals surface area (Å²) in [5, 5.41) is 0. The summed E-state index contributed by atoms with van der Waals surface area (Å²) in [5.74, 6) is 0.788. The van der Waals surface area contributed by atoms with E-state index in [1.807, 2.05) is 18.2 Å². The zero-order valence-electron chi connectivity index (χ0n) is 11.5. The molecule has 104 valence electrons. The predicted molar refractivity (Wildman–Crippen MR) is 81.0 cm³/mol. The summed E-state index contributed by atoms with van der Waals surface area (Å²) in [6.45, 7) is 4.39. The molecule has 0 aliphatic carbocycles. The highest BCUT2D eigenvalue weighted by atomic mass is 79.9. The van der Waals surface area contributed by atoms with Gasteiger partial charge in [-0.15, -0.1) is 0 Å². The molecule has 0 aromatic heterocycles. The zero-order chi connectivity index (χ0) is 13.8. The van der Waals surface area contributed by atoms with E-state index in [1.54, 1.807) is 6.92 Å². The molecule has 0 spiro atoms. The highest BCUT2D eigenvalue weighted by Gasteiger charge is 2.16. The van der Waals surface area contributed by atoms with Gasteiger partial charge in [-0.05, 0) is 59.8 Å². The second kappa shape index (κ2) is 6.53. The first kappa shape index (κ1) is 14.5. The number of carbonyl (C=O) groups is 1. The summed E-state index contributed by atoms with van der Waals surface area (Å²) >= 11 is 3.47. The topological polar surface area (TPSA) is 29.5 Å². The van der Waals surface area contributed by atoms with Crippen molar-refractivity contribution in [3.63, 3.8) is 0 Å². The van der Waals surface area contributed by atoms with Crippen LogP contribution in [0.4, 0.5) is 5.69 Å². The number of ether oxygens (including phenoxy) is 1. The molecule has 1 aromatic carbocycles. The molecule has 1 fully saturated rings. The number of halogens is 1. The Kier molecular flexibility index (Phi) is 4.99. The van der Waals surface area contributed by atoms with Gasteiger partial charge in [0.05, 0.1) is 0 Å². The molecular formula is C15H20BrNO2. The van der Waals surface area contributed by atoms with Crippen molar-refractivity contribution in [1.82, 2.24) is 0 Å². The van der Waals surface area contributed by atoms with Gasteiger partial charge in [-0.3, -0.25) is 4.79 Å². The molecule has 0 radical (unpaired) electrons. The molecule has 1 aliphatic heterocycles. The number of rotatable bonds is 4. The minimum atomic E-state index is 0.0884. The molecule has 0 amide bonds. The van der Waals surface area contributed by atoms with E-state index in [2.05, 4.69) is 27.9 Å². The maximum Gasteiger partial charge on any atom is 0.160 e. The maximum absolute atomic E-state index is 11.4. The van der Waals surface area contributed by atoms with Crippen LogP contribution < -0.4 is 4.90 Å². The van der Waals surface area contributed by atoms with Crippen LogP contribution in [0.3, 0.4) is 0 Å². The van der Waals surface area contributed by atoms with Crippen LogP contribution in [-0.2, 0) is 4.74 Å². The van der Waals surface area contributed by atoms with Gasteiger partial charge in [0, 0.05) is 42.5 Å². The third-order valence-corrected chi connectivity index (χ3v) is 4.30. The summed E-state index contributed by atoms with van der Waals surface area (Å²) in [6.07, 6.45) is 2.27. The van der Waals surface area contributed by atoms with Gasteiger partial charge < -0.3 is 9.64 Å². The highest BCUT2D eigenvalue weighted by molar-refractivity contribution is 9.10. The van der Waals surface area contributed by atoms with Gasteiger partial charge in [0.15, 0.2) is 5.78 Å². The second-order valence-corrected chi connectivity index (χ2v) is 6.01. The zero-order valence-corrected chi connectivity index (χ0v) is 13.1. The molecule has 1 aromatic rings. The van der Waals surface area contributed by atoms with Crippen molar-refractivity contribution in [2.75, 3.05) is 31.7 Å². The number of anilines is 1. The Morgan fingerprint density at radius 2 is 2.11 bits per heavy atom. The van der Waals surface area contributed by atoms with Gasteiger partial charge in [-0.25, -0.2) is 0 Å². The van der Waals surface area contributed by atoms with Crippen LogP contribution in [0.2, 0.25) is 0 Å². The SMILES string of the molecule is CC(=O)c1ccc(N(C)CC2CCOCC2)cc1Br. The molecule has 3 nitrogen and oxygen atoms in total. The molecule has 19 heavy (non-hydrogen) atoms. The molecule has 1 heterocycles. The van der Waals surface area contributed by atoms with Crippen molar-refractivity contribution < 1.29 is 9.53 Å². The van der Waals surface area contributed by atoms with Gasteiger partial charge in [-0.2, -0.15) is 0 Å². The Labute approximate surface area is 123 Å². The third-order valence-electron chi connectivity index (χ3n) is 3.65. The predicted octanol–water partition coefficient (Wildman–Crippen LogP) is 3.51. The summed E-state index contributed by atoms with van der Waals surface area (Å²) in [5.41, 5.74) is 1.88. The van der Waals surface area contributed by atoms with Crippen LogP contribution in [0.5, 0.6) is 0 Å². The van der Waals surface area contributed by atoms with Crippen LogP contribution >= 0.6 is 15.9 Å². The fourth-order valence-electron chi connectivity index (χ4n) is 2.45. The number of Topliss-reactive ketones (excluding diaryl/α,β-unsaturated/α-hetero) is 1. The van der Waals surface area contributed by atoms with Gasteiger partial charge >= 0.3 is 0 Å². The fraction of sp³-hybridized carbons (Fsp3) is 0.533. The van der Waals surface area contributed by atoms with Crippen LogP contribution in [0.15, 0.2) is 22.7 Å². The largest absolute Gasteiger partial charge is 0.381 e. The molecule has 0 bridgehead atoms. The summed E-state index contributed by atoms with van der Waals surface area (Å²) < 4.78 is 6.26. The lowest BCUT2D eigenvalue weighted by atomic mass is 9.99. The lowest BCUT2D eigenvalue weighted by molar-refractivity contribution is 0.0685. The number of benzene rings is 1. The number of hydrogen-bond acceptors (Lipinski definition) is 3. The van der Waals surface area contributed by atoms with E-state index < -0.39 is 0 Å². The van der Waals surface area contributed by atoms with Crippen molar-refractivity contribution in [3.05, 3.63) is 28.2 Å². The van der Waals surface area contributed by atoms with Gasteiger partial charge in [0.1, 0.15) is 0 Å². The smallest absolute Gasteiger partial charge is 0.160 e. The van der Waals surface area contributed by atoms with E-state index in [-0.39, 0.29) is 5.78 Å². The first-order chi connectivity index (χ1) is 9.08. The quantitative estimate of drug-likeness (QED) is 0.793. The lowest BCUT2D eigenvalue weighted by Crippen LogP contribution is -2.29. The fourth-order valence-corrected chi connectivity index (χ4v) is 3.09. The molecule has 0 N–H and O–H groups in total. The number of ketones is 1. The molecular weight excluding hydrogens is 306 g/mol. The van der Waals surface area contributed by atoms with Crippen molar-refractivity contribution in [2.45, 2.75) is 19.8 Å². The van der Waals surface area contributed by atoms with Crippen molar-refractivity contribution in [3.8, 4) is 0 Å². The van der Waals surface area contributed by atoms with Crippen molar-refractivity contribution in [2.24, 2.45) is 5.92 Å². The first-order valence-corrected chi connectivity index (χ1v) is 7.46. The first-order valence-electron chi connectivity index (χ1n) is 6.67. The van der Waals surface area contributed by atoms with E-state index in [9.17, 15) is 4.79 Å². The average Bonchev–Trinajstić information content (AvgIpc) is 2.39. The molecule has 0 atom stereocenters. The van der Waals surface area contributed by atoms with E-state index in [0.29, 0.717) is 5.92 Å². The molecule has 0 unspecified atom stereocenters. The van der Waals surface area contributed by atoms with Gasteiger partial charge in [0.25, 0.3) is 0 Å². The minimum Gasteiger partial charge on any atom is -0.381 e. The molecule has 1 aliphatic rings. The Morgan fingerprint density at radius 1 is 1.42 bits per heavy atom. The van der Waals surface area contributed by atoms with Crippen molar-refractivity contribution >= 4 is 27.4 Å². The van der Waals surface area contributed by atoms with Crippen LogP contribution in [-0.4, -0.2) is 32.6 Å². The normalized spacial score (nSPS) is 16.4. The van der Waals surface area contributed by atoms with E-state index in [4.69, 9.17) is 4.74 Å². The van der Waals surface area contributed by atoms with E-state index in [0.717, 1.165) is 48.3 Å². The third kappa shape index (κ3) is 3.80. The van der Waals surface area contributed by atoms with Crippen LogP contribution in [0.25, 0.3) is 0 Å². The number of nitrogens with zero attached hydrogens (tertiary/aromatic N) is 1. The van der Waals surface area contributed by atoms with Gasteiger partial charge in [0.2, 0.25) is 0 Å². The average molecular weight is 326 g/mol. The summed E-state index contributed by atoms with van der Waals surface area (Å²) in [4.78, 5) is 13.7. The van der Waals surface area contributed by atoms with Gasteiger partial charge in [-0.1, -0.05) is 0 Å². The second-order valence-electron chi connectivity index (χ2n) is 5.16. The highest BCUT2D eigenvalue weighted by Crippen LogP contribution is 2.25. The standard InChI is InChI=1S/C15H20BrNO2/c1-11(18)14-4-3-13(9-15(14)16)17(2)10-12-5-7-19-8-6-12/h3-4,9,12H,5-8,10H2,1-2H3. The minimum absolute atomic E-state index is 0.0884. The Bertz CT molecular complexity index is 455. The lowest BCUT2D eigenvalue weighted by Gasteiger charge is -2.28. The van der Waals surface area contributed by atoms with E-state index >= 15 is 0 Å². The van der Waals surface area contributed by atoms with Crippen LogP contribution in [0, 0.1) is 5.92 Å². The number of hydrogen-bond donors (Lipinski definition) is 0. The molecule has 1 saturated heterocycles. The molecule has 0 saturated carbocycles. The maximum atomic E-state index is 11.4. The Hall–Kier alpha value is -0.870. The van der Waals surface area contributed by atoms with Crippen LogP contribution in [0.1, 0.15) is 30.1 Å². The molecule has 2 rings (SSSR count). The number of carbonyl (C=O) groups excluding carboxylic acids is 1. The van der Waals surface area contributed by atoms with Crippen molar-refractivity contribution in [1.29, 1.82) is 0 Å². The Morgan fingerprint density at radius 3 is 2.68 bits per heavy atom. The van der Waals surface area contributed by atoms with E-state index in [1.165, 1.54) is 0 Å². The summed E-state index contributed by atoms with van der Waals surface area (Å²) in [7, 11) is 2.10. The Balaban J connectivity index is 2.04. The summed E-state index contributed by atoms with van der Waals surface area (Å²) in [6, 6.07) is 5.93.